The maximum absolute atomic E-state index is 13.1. The summed E-state index contributed by atoms with van der Waals surface area (Å²) in [6.45, 7) is 0. The van der Waals surface area contributed by atoms with Gasteiger partial charge in [-0.2, -0.15) is 9.49 Å². The number of anilines is 1. The fourth-order valence-corrected chi connectivity index (χ4v) is 1.80. The van der Waals surface area contributed by atoms with Gasteiger partial charge in [-0.15, -0.1) is 0 Å². The second-order valence-electron chi connectivity index (χ2n) is 3.74. The SMILES string of the molecule is Nc1ccc2[nH]nc(-c3ccnc(F)c3)c2c1. The average Bonchev–Trinajstić information content (AvgIpc) is 2.71. The van der Waals surface area contributed by atoms with Crippen LogP contribution in [0, 0.1) is 5.95 Å². The van der Waals surface area contributed by atoms with Crippen molar-refractivity contribution in [1.82, 2.24) is 15.2 Å². The number of H-pyrrole nitrogens is 1. The number of nitrogens with zero attached hydrogens (tertiary/aromatic N) is 2. The predicted molar refractivity (Wildman–Crippen MR) is 63.7 cm³/mol. The zero-order chi connectivity index (χ0) is 11.8. The lowest BCUT2D eigenvalue weighted by atomic mass is 10.1. The summed E-state index contributed by atoms with van der Waals surface area (Å²) in [5.74, 6) is -0.525. The van der Waals surface area contributed by atoms with Crippen LogP contribution in [0.5, 0.6) is 0 Å². The fourth-order valence-electron chi connectivity index (χ4n) is 1.80. The van der Waals surface area contributed by atoms with Crippen LogP contribution in [0.1, 0.15) is 0 Å². The molecule has 0 fully saturated rings. The normalized spacial score (nSPS) is 10.9. The largest absolute Gasteiger partial charge is 0.399 e. The standard InChI is InChI=1S/C12H9FN4/c13-11-5-7(3-4-15-11)12-9-6-8(14)1-2-10(9)16-17-12/h1-6H,14H2,(H,16,17). The highest BCUT2D eigenvalue weighted by Gasteiger charge is 2.09. The lowest BCUT2D eigenvalue weighted by molar-refractivity contribution is 0.584. The Balaban J connectivity index is 2.27. The molecule has 0 unspecified atom stereocenters. The molecule has 0 aliphatic carbocycles. The number of aromatic amines is 1. The van der Waals surface area contributed by atoms with Gasteiger partial charge < -0.3 is 5.73 Å². The van der Waals surface area contributed by atoms with Gasteiger partial charge in [0, 0.05) is 28.9 Å². The molecule has 4 nitrogen and oxygen atoms in total. The maximum atomic E-state index is 13.1. The zero-order valence-corrected chi connectivity index (χ0v) is 8.81. The van der Waals surface area contributed by atoms with E-state index in [0.717, 1.165) is 10.9 Å². The molecule has 84 valence electrons. The van der Waals surface area contributed by atoms with Gasteiger partial charge in [0.2, 0.25) is 5.95 Å². The Morgan fingerprint density at radius 3 is 2.88 bits per heavy atom. The smallest absolute Gasteiger partial charge is 0.213 e. The van der Waals surface area contributed by atoms with Crippen molar-refractivity contribution in [3.8, 4) is 11.3 Å². The average molecular weight is 228 g/mol. The van der Waals surface area contributed by atoms with Crippen molar-refractivity contribution in [1.29, 1.82) is 0 Å². The number of rotatable bonds is 1. The number of fused-ring (bicyclic) bond motifs is 1. The van der Waals surface area contributed by atoms with Crippen molar-refractivity contribution in [2.45, 2.75) is 0 Å². The molecule has 0 saturated heterocycles. The first-order valence-corrected chi connectivity index (χ1v) is 5.09. The van der Waals surface area contributed by atoms with Crippen molar-refractivity contribution in [2.24, 2.45) is 0 Å². The number of hydrogen-bond donors (Lipinski definition) is 2. The van der Waals surface area contributed by atoms with Crippen molar-refractivity contribution in [3.63, 3.8) is 0 Å². The number of nitrogens with one attached hydrogen (secondary N) is 1. The van der Waals surface area contributed by atoms with Gasteiger partial charge in [0.1, 0.15) is 5.69 Å². The third kappa shape index (κ3) is 1.61. The molecule has 3 rings (SSSR count). The summed E-state index contributed by atoms with van der Waals surface area (Å²) in [5.41, 5.74) is 8.60. The molecule has 2 aromatic heterocycles. The molecule has 3 N–H and O–H groups in total. The highest BCUT2D eigenvalue weighted by atomic mass is 19.1. The fraction of sp³-hybridized carbons (Fsp3) is 0. The van der Waals surface area contributed by atoms with E-state index in [9.17, 15) is 4.39 Å². The third-order valence-corrected chi connectivity index (χ3v) is 2.59. The molecule has 1 aromatic carbocycles. The summed E-state index contributed by atoms with van der Waals surface area (Å²) in [5, 5.41) is 7.93. The lowest BCUT2D eigenvalue weighted by Gasteiger charge is -1.98. The molecule has 17 heavy (non-hydrogen) atoms. The Hall–Kier alpha value is -2.43. The third-order valence-electron chi connectivity index (χ3n) is 2.59. The summed E-state index contributed by atoms with van der Waals surface area (Å²) in [6.07, 6.45) is 1.41. The van der Waals surface area contributed by atoms with Crippen LogP contribution in [-0.2, 0) is 0 Å². The van der Waals surface area contributed by atoms with Crippen LogP contribution < -0.4 is 5.73 Å². The predicted octanol–water partition coefficient (Wildman–Crippen LogP) is 2.35. The highest BCUT2D eigenvalue weighted by Crippen LogP contribution is 2.27. The Bertz CT molecular complexity index is 690. The molecule has 0 spiro atoms. The second-order valence-corrected chi connectivity index (χ2v) is 3.74. The molecular formula is C12H9FN4. The van der Waals surface area contributed by atoms with Gasteiger partial charge in [0.15, 0.2) is 0 Å². The Labute approximate surface area is 96.3 Å². The van der Waals surface area contributed by atoms with Crippen molar-refractivity contribution in [2.75, 3.05) is 5.73 Å². The van der Waals surface area contributed by atoms with E-state index >= 15 is 0 Å². The van der Waals surface area contributed by atoms with Crippen LogP contribution in [0.4, 0.5) is 10.1 Å². The van der Waals surface area contributed by atoms with E-state index in [1.807, 2.05) is 12.1 Å². The van der Waals surface area contributed by atoms with Gasteiger partial charge >= 0.3 is 0 Å². The topological polar surface area (TPSA) is 67.6 Å². The Kier molecular flexibility index (Phi) is 2.04. The van der Waals surface area contributed by atoms with Crippen LogP contribution in [0.3, 0.4) is 0 Å². The first kappa shape index (κ1) is 9.77. The van der Waals surface area contributed by atoms with E-state index in [1.165, 1.54) is 12.3 Å². The number of hydrogen-bond acceptors (Lipinski definition) is 3. The van der Waals surface area contributed by atoms with E-state index in [-0.39, 0.29) is 0 Å². The number of nitrogens with two attached hydrogens (primary N) is 1. The lowest BCUT2D eigenvalue weighted by Crippen LogP contribution is -1.86. The molecule has 3 aromatic rings. The minimum Gasteiger partial charge on any atom is -0.399 e. The van der Waals surface area contributed by atoms with Gasteiger partial charge in [0.25, 0.3) is 0 Å². The van der Waals surface area contributed by atoms with Gasteiger partial charge in [-0.1, -0.05) is 0 Å². The van der Waals surface area contributed by atoms with Crippen LogP contribution in [-0.4, -0.2) is 15.2 Å². The van der Waals surface area contributed by atoms with E-state index in [1.54, 1.807) is 12.1 Å². The first-order valence-electron chi connectivity index (χ1n) is 5.09. The molecule has 2 heterocycles. The van der Waals surface area contributed by atoms with Crippen LogP contribution in [0.15, 0.2) is 36.5 Å². The van der Waals surface area contributed by atoms with Crippen molar-refractivity contribution in [3.05, 3.63) is 42.5 Å². The molecule has 0 atom stereocenters. The second kappa shape index (κ2) is 3.55. The molecule has 0 saturated carbocycles. The highest BCUT2D eigenvalue weighted by molar-refractivity contribution is 5.94. The number of nitrogen functional groups attached to an aromatic ring is 1. The van der Waals surface area contributed by atoms with Crippen LogP contribution in [0.25, 0.3) is 22.2 Å². The summed E-state index contributed by atoms with van der Waals surface area (Å²) in [7, 11) is 0. The number of benzene rings is 1. The minimum absolute atomic E-state index is 0.525. The summed E-state index contributed by atoms with van der Waals surface area (Å²) < 4.78 is 13.1. The summed E-state index contributed by atoms with van der Waals surface area (Å²) >= 11 is 0. The number of pyridine rings is 1. The molecule has 0 aliphatic rings. The van der Waals surface area contributed by atoms with Crippen molar-refractivity contribution < 1.29 is 4.39 Å². The van der Waals surface area contributed by atoms with E-state index in [2.05, 4.69) is 15.2 Å². The van der Waals surface area contributed by atoms with E-state index in [0.29, 0.717) is 16.9 Å². The maximum Gasteiger partial charge on any atom is 0.213 e. The number of aromatic nitrogens is 3. The van der Waals surface area contributed by atoms with Gasteiger partial charge in [-0.05, 0) is 24.3 Å². The summed E-state index contributed by atoms with van der Waals surface area (Å²) in [6, 6.07) is 8.50. The number of halogens is 1. The zero-order valence-electron chi connectivity index (χ0n) is 8.81. The first-order chi connectivity index (χ1) is 8.24. The molecule has 0 radical (unpaired) electrons. The Morgan fingerprint density at radius 2 is 2.06 bits per heavy atom. The van der Waals surface area contributed by atoms with Crippen LogP contribution in [0.2, 0.25) is 0 Å². The molecule has 0 amide bonds. The van der Waals surface area contributed by atoms with Gasteiger partial charge in [0.05, 0.1) is 5.52 Å². The minimum atomic E-state index is -0.525. The van der Waals surface area contributed by atoms with Crippen LogP contribution >= 0.6 is 0 Å². The monoisotopic (exact) mass is 228 g/mol. The van der Waals surface area contributed by atoms with Gasteiger partial charge in [-0.25, -0.2) is 4.98 Å². The Morgan fingerprint density at radius 1 is 1.18 bits per heavy atom. The van der Waals surface area contributed by atoms with E-state index < -0.39 is 5.95 Å². The molecule has 0 bridgehead atoms. The molecular weight excluding hydrogens is 219 g/mol. The van der Waals surface area contributed by atoms with E-state index in [4.69, 9.17) is 5.73 Å². The molecule has 0 aliphatic heterocycles. The van der Waals surface area contributed by atoms with Crippen molar-refractivity contribution >= 4 is 16.6 Å². The molecule has 5 heteroatoms. The quantitative estimate of drug-likeness (QED) is 0.496. The van der Waals surface area contributed by atoms with Gasteiger partial charge in [-0.3, -0.25) is 5.10 Å². The summed E-state index contributed by atoms with van der Waals surface area (Å²) in [4.78, 5) is 3.52.